The number of rotatable bonds is 5. The van der Waals surface area contributed by atoms with E-state index in [-0.39, 0.29) is 0 Å². The molecule has 1 atom stereocenters. The van der Waals surface area contributed by atoms with Gasteiger partial charge in [-0.05, 0) is 35.4 Å². The SMILES string of the molecule is C#CCCOc1cccc(C2(c3ccncc3)CN(C)C(N)=N2)c1. The molecular formula is C19H20N4O. The molecule has 2 N–H and O–H groups in total. The fraction of sp³-hybridized carbons (Fsp3) is 0.263. The summed E-state index contributed by atoms with van der Waals surface area (Å²) in [5.74, 6) is 3.87. The highest BCUT2D eigenvalue weighted by Gasteiger charge is 2.40. The van der Waals surface area contributed by atoms with Gasteiger partial charge in [-0.3, -0.25) is 4.98 Å². The van der Waals surface area contributed by atoms with E-state index >= 15 is 0 Å². The molecule has 3 rings (SSSR count). The molecule has 1 aromatic carbocycles. The van der Waals surface area contributed by atoms with Crippen LogP contribution in [-0.2, 0) is 5.54 Å². The first-order valence-electron chi connectivity index (χ1n) is 7.79. The van der Waals surface area contributed by atoms with Gasteiger partial charge in [-0.25, -0.2) is 4.99 Å². The van der Waals surface area contributed by atoms with Crippen LogP contribution >= 0.6 is 0 Å². The molecule has 1 aliphatic rings. The summed E-state index contributed by atoms with van der Waals surface area (Å²) >= 11 is 0. The Labute approximate surface area is 142 Å². The van der Waals surface area contributed by atoms with Gasteiger partial charge in [0.1, 0.15) is 11.3 Å². The molecular weight excluding hydrogens is 300 g/mol. The van der Waals surface area contributed by atoms with Gasteiger partial charge < -0.3 is 15.4 Å². The number of likely N-dealkylation sites (N-methyl/N-ethyl adjacent to an activating group) is 1. The zero-order valence-electron chi connectivity index (χ0n) is 13.6. The van der Waals surface area contributed by atoms with Crippen molar-refractivity contribution in [3.8, 4) is 18.1 Å². The van der Waals surface area contributed by atoms with Gasteiger partial charge in [0, 0.05) is 25.9 Å². The fourth-order valence-electron chi connectivity index (χ4n) is 2.92. The average molecular weight is 320 g/mol. The first-order valence-corrected chi connectivity index (χ1v) is 7.79. The molecule has 0 saturated heterocycles. The summed E-state index contributed by atoms with van der Waals surface area (Å²) in [5, 5.41) is 0. The molecule has 1 aromatic heterocycles. The van der Waals surface area contributed by atoms with Gasteiger partial charge in [-0.1, -0.05) is 12.1 Å². The van der Waals surface area contributed by atoms with Crippen molar-refractivity contribution in [1.82, 2.24) is 9.88 Å². The van der Waals surface area contributed by atoms with Crippen LogP contribution in [0.4, 0.5) is 0 Å². The zero-order chi connectivity index (χ0) is 17.0. The molecule has 2 aromatic rings. The summed E-state index contributed by atoms with van der Waals surface area (Å²) in [6.07, 6.45) is 9.40. The number of terminal acetylenes is 1. The van der Waals surface area contributed by atoms with Crippen molar-refractivity contribution in [2.75, 3.05) is 20.2 Å². The maximum Gasteiger partial charge on any atom is 0.192 e. The number of benzene rings is 1. The summed E-state index contributed by atoms with van der Waals surface area (Å²) in [6.45, 7) is 1.16. The Kier molecular flexibility index (Phi) is 4.39. The fourth-order valence-corrected chi connectivity index (χ4v) is 2.92. The van der Waals surface area contributed by atoms with E-state index in [1.54, 1.807) is 12.4 Å². The molecule has 0 amide bonds. The second-order valence-corrected chi connectivity index (χ2v) is 5.75. The van der Waals surface area contributed by atoms with Crippen molar-refractivity contribution in [3.63, 3.8) is 0 Å². The van der Waals surface area contributed by atoms with Crippen molar-refractivity contribution in [3.05, 3.63) is 59.9 Å². The number of nitrogens with zero attached hydrogens (tertiary/aromatic N) is 3. The van der Waals surface area contributed by atoms with Gasteiger partial charge in [0.25, 0.3) is 0 Å². The third-order valence-corrected chi connectivity index (χ3v) is 4.15. The van der Waals surface area contributed by atoms with Crippen molar-refractivity contribution in [2.24, 2.45) is 10.7 Å². The number of pyridine rings is 1. The number of guanidine groups is 1. The third-order valence-electron chi connectivity index (χ3n) is 4.15. The number of ether oxygens (including phenoxy) is 1. The predicted molar refractivity (Wildman–Crippen MR) is 94.7 cm³/mol. The standard InChI is InChI=1S/C19H20N4O/c1-3-4-12-24-17-7-5-6-16(13-17)19(14-23(2)18(20)22-19)15-8-10-21-11-9-15/h1,5-11,13H,4,12,14H2,2H3,(H2,20,22). The van der Waals surface area contributed by atoms with E-state index in [1.165, 1.54) is 0 Å². The second-order valence-electron chi connectivity index (χ2n) is 5.75. The predicted octanol–water partition coefficient (Wildman–Crippen LogP) is 1.99. The Balaban J connectivity index is 2.02. The Morgan fingerprint density at radius 1 is 1.29 bits per heavy atom. The first kappa shape index (κ1) is 15.9. The van der Waals surface area contributed by atoms with Crippen LogP contribution in [0.5, 0.6) is 5.75 Å². The smallest absolute Gasteiger partial charge is 0.192 e. The topological polar surface area (TPSA) is 63.7 Å². The molecule has 0 saturated carbocycles. The Hall–Kier alpha value is -3.00. The van der Waals surface area contributed by atoms with Gasteiger partial charge in [0.15, 0.2) is 5.96 Å². The Bertz CT molecular complexity index is 781. The minimum absolute atomic E-state index is 0.494. The molecule has 1 unspecified atom stereocenters. The van der Waals surface area contributed by atoms with Crippen LogP contribution in [0, 0.1) is 12.3 Å². The van der Waals surface area contributed by atoms with Crippen LogP contribution < -0.4 is 10.5 Å². The quantitative estimate of drug-likeness (QED) is 0.676. The van der Waals surface area contributed by atoms with Crippen molar-refractivity contribution >= 4 is 5.96 Å². The summed E-state index contributed by atoms with van der Waals surface area (Å²) < 4.78 is 5.73. The molecule has 0 fully saturated rings. The summed E-state index contributed by atoms with van der Waals surface area (Å²) in [6, 6.07) is 11.9. The molecule has 1 aliphatic heterocycles. The van der Waals surface area contributed by atoms with Crippen LogP contribution in [0.15, 0.2) is 53.8 Å². The Morgan fingerprint density at radius 3 is 2.75 bits per heavy atom. The van der Waals surface area contributed by atoms with E-state index in [1.807, 2.05) is 48.3 Å². The van der Waals surface area contributed by atoms with E-state index in [4.69, 9.17) is 21.9 Å². The summed E-state index contributed by atoms with van der Waals surface area (Å²) in [7, 11) is 1.94. The van der Waals surface area contributed by atoms with E-state index < -0.39 is 5.54 Å². The highest BCUT2D eigenvalue weighted by Crippen LogP contribution is 2.38. The molecule has 0 bridgehead atoms. The second kappa shape index (κ2) is 6.63. The number of hydrogen-bond donors (Lipinski definition) is 1. The summed E-state index contributed by atoms with van der Waals surface area (Å²) in [5.41, 5.74) is 7.58. The van der Waals surface area contributed by atoms with Gasteiger partial charge in [0.2, 0.25) is 0 Å². The van der Waals surface area contributed by atoms with E-state index in [0.717, 1.165) is 16.9 Å². The first-order chi connectivity index (χ1) is 11.7. The largest absolute Gasteiger partial charge is 0.493 e. The number of hydrogen-bond acceptors (Lipinski definition) is 5. The van der Waals surface area contributed by atoms with Gasteiger partial charge in [0.05, 0.1) is 13.2 Å². The van der Waals surface area contributed by atoms with Gasteiger partial charge in [-0.15, -0.1) is 12.3 Å². The lowest BCUT2D eigenvalue weighted by Gasteiger charge is -2.28. The number of aromatic nitrogens is 1. The van der Waals surface area contributed by atoms with Gasteiger partial charge >= 0.3 is 0 Å². The lowest BCUT2D eigenvalue weighted by Crippen LogP contribution is -2.34. The van der Waals surface area contributed by atoms with Crippen LogP contribution in [0.3, 0.4) is 0 Å². The number of nitrogens with two attached hydrogens (primary N) is 1. The van der Waals surface area contributed by atoms with Crippen LogP contribution in [0.1, 0.15) is 17.5 Å². The monoisotopic (exact) mass is 320 g/mol. The molecule has 5 nitrogen and oxygen atoms in total. The van der Waals surface area contributed by atoms with Crippen LogP contribution in [0.2, 0.25) is 0 Å². The molecule has 5 heteroatoms. The van der Waals surface area contributed by atoms with E-state index in [0.29, 0.717) is 25.5 Å². The molecule has 0 spiro atoms. The normalized spacial score (nSPS) is 19.7. The van der Waals surface area contributed by atoms with Gasteiger partial charge in [-0.2, -0.15) is 0 Å². The molecule has 0 radical (unpaired) electrons. The third kappa shape index (κ3) is 2.91. The maximum atomic E-state index is 6.07. The minimum atomic E-state index is -0.562. The highest BCUT2D eigenvalue weighted by molar-refractivity contribution is 5.81. The number of aliphatic imine (C=N–C) groups is 1. The molecule has 0 aliphatic carbocycles. The lowest BCUT2D eigenvalue weighted by molar-refractivity contribution is 0.326. The minimum Gasteiger partial charge on any atom is -0.493 e. The molecule has 2 heterocycles. The van der Waals surface area contributed by atoms with Crippen LogP contribution in [0.25, 0.3) is 0 Å². The maximum absolute atomic E-state index is 6.07. The summed E-state index contributed by atoms with van der Waals surface area (Å²) in [4.78, 5) is 10.8. The van der Waals surface area contributed by atoms with Crippen LogP contribution in [-0.4, -0.2) is 36.0 Å². The zero-order valence-corrected chi connectivity index (χ0v) is 13.6. The van der Waals surface area contributed by atoms with E-state index in [2.05, 4.69) is 10.9 Å². The highest BCUT2D eigenvalue weighted by atomic mass is 16.5. The van der Waals surface area contributed by atoms with Crippen molar-refractivity contribution < 1.29 is 4.74 Å². The molecule has 24 heavy (non-hydrogen) atoms. The molecule has 122 valence electrons. The Morgan fingerprint density at radius 2 is 2.08 bits per heavy atom. The average Bonchev–Trinajstić information content (AvgIpc) is 2.92. The lowest BCUT2D eigenvalue weighted by atomic mass is 9.84. The van der Waals surface area contributed by atoms with Crippen molar-refractivity contribution in [1.29, 1.82) is 0 Å². The van der Waals surface area contributed by atoms with Crippen molar-refractivity contribution in [2.45, 2.75) is 12.0 Å². The van der Waals surface area contributed by atoms with E-state index in [9.17, 15) is 0 Å².